The molecule has 1 saturated carbocycles. The Morgan fingerprint density at radius 1 is 1.33 bits per heavy atom. The monoisotopic (exact) mass is 315 g/mol. The van der Waals surface area contributed by atoms with Crippen LogP contribution >= 0.6 is 0 Å². The summed E-state index contributed by atoms with van der Waals surface area (Å²) in [5.74, 6) is 0. The number of hydrogen-bond acceptors (Lipinski definition) is 4. The van der Waals surface area contributed by atoms with Gasteiger partial charge in [-0.2, -0.15) is 0 Å². The van der Waals surface area contributed by atoms with Crippen molar-refractivity contribution < 1.29 is 13.2 Å². The highest BCUT2D eigenvalue weighted by Crippen LogP contribution is 2.19. The number of rotatable bonds is 11. The lowest BCUT2D eigenvalue weighted by Crippen LogP contribution is -2.24. The van der Waals surface area contributed by atoms with E-state index in [1.165, 1.54) is 12.8 Å². The summed E-state index contributed by atoms with van der Waals surface area (Å²) in [6, 6.07) is 2.31. The number of sulfonamides is 1. The second-order valence-corrected chi connectivity index (χ2v) is 7.23. The van der Waals surface area contributed by atoms with E-state index in [2.05, 4.69) is 15.0 Å². The van der Waals surface area contributed by atoms with Crippen molar-refractivity contribution in [3.05, 3.63) is 18.0 Å². The molecule has 0 atom stereocenters. The number of ether oxygens (including phenoxy) is 1. The molecule has 1 heterocycles. The van der Waals surface area contributed by atoms with Crippen LogP contribution in [0.2, 0.25) is 0 Å². The summed E-state index contributed by atoms with van der Waals surface area (Å²) in [7, 11) is -1.72. The molecule has 0 bridgehead atoms. The van der Waals surface area contributed by atoms with E-state index in [-0.39, 0.29) is 0 Å². The van der Waals surface area contributed by atoms with Crippen LogP contribution in [0.4, 0.5) is 0 Å². The summed E-state index contributed by atoms with van der Waals surface area (Å²) in [5, 5.41) is 3.35. The first-order chi connectivity index (χ1) is 10.1. The predicted octanol–water partition coefficient (Wildman–Crippen LogP) is 1.36. The third kappa shape index (κ3) is 5.78. The molecular weight excluding hydrogens is 290 g/mol. The Labute approximate surface area is 126 Å². The second-order valence-electron chi connectivity index (χ2n) is 5.47. The third-order valence-corrected chi connectivity index (χ3v) is 4.94. The van der Waals surface area contributed by atoms with Gasteiger partial charge in [0.15, 0.2) is 0 Å². The molecule has 1 aliphatic carbocycles. The molecule has 120 valence electrons. The molecule has 1 aromatic rings. The molecule has 0 spiro atoms. The van der Waals surface area contributed by atoms with Gasteiger partial charge in [0.2, 0.25) is 10.0 Å². The van der Waals surface area contributed by atoms with E-state index in [0.29, 0.717) is 24.0 Å². The molecule has 2 rings (SSSR count). The van der Waals surface area contributed by atoms with Crippen LogP contribution in [0, 0.1) is 0 Å². The van der Waals surface area contributed by atoms with Crippen molar-refractivity contribution in [1.82, 2.24) is 15.0 Å². The molecule has 0 saturated heterocycles. The lowest BCUT2D eigenvalue weighted by molar-refractivity contribution is 0.192. The molecule has 0 unspecified atom stereocenters. The van der Waals surface area contributed by atoms with Gasteiger partial charge >= 0.3 is 0 Å². The van der Waals surface area contributed by atoms with Crippen molar-refractivity contribution in [2.24, 2.45) is 0 Å². The van der Waals surface area contributed by atoms with Crippen LogP contribution in [0.3, 0.4) is 0 Å². The number of hydrogen-bond donors (Lipinski definition) is 3. The zero-order valence-electron chi connectivity index (χ0n) is 12.5. The molecule has 0 aliphatic heterocycles. The largest absolute Gasteiger partial charge is 0.385 e. The maximum absolute atomic E-state index is 12.1. The van der Waals surface area contributed by atoms with Gasteiger partial charge in [0.05, 0.1) is 4.90 Å². The number of unbranched alkanes of at least 4 members (excludes halogenated alkanes) is 2. The normalized spacial score (nSPS) is 15.5. The molecule has 0 aromatic carbocycles. The van der Waals surface area contributed by atoms with Gasteiger partial charge in [-0.15, -0.1) is 0 Å². The minimum atomic E-state index is -3.40. The van der Waals surface area contributed by atoms with E-state index in [4.69, 9.17) is 4.74 Å². The third-order valence-electron chi connectivity index (χ3n) is 3.50. The molecule has 0 amide bonds. The molecule has 1 fully saturated rings. The summed E-state index contributed by atoms with van der Waals surface area (Å²) in [6.45, 7) is 1.88. The SMILES string of the molecule is COCCCCCNS(=O)(=O)c1c[nH]c(CNC2CC2)c1. The standard InChI is InChI=1S/C14H25N3O3S/c1-20-8-4-2-3-7-17-21(18,19)14-9-13(16-11-14)10-15-12-5-6-12/h9,11-12,15-17H,2-8,10H2,1H3. The Morgan fingerprint density at radius 2 is 2.14 bits per heavy atom. The summed E-state index contributed by atoms with van der Waals surface area (Å²) in [4.78, 5) is 3.33. The van der Waals surface area contributed by atoms with Crippen molar-refractivity contribution in [2.45, 2.75) is 49.6 Å². The van der Waals surface area contributed by atoms with Gasteiger partial charge in [-0.3, -0.25) is 0 Å². The molecule has 7 heteroatoms. The molecule has 0 radical (unpaired) electrons. The van der Waals surface area contributed by atoms with Gasteiger partial charge in [0, 0.05) is 44.7 Å². The zero-order valence-corrected chi connectivity index (χ0v) is 13.3. The molecule has 21 heavy (non-hydrogen) atoms. The van der Waals surface area contributed by atoms with Crippen molar-refractivity contribution in [1.29, 1.82) is 0 Å². The molecule has 1 aliphatic rings. The van der Waals surface area contributed by atoms with Crippen LogP contribution < -0.4 is 10.0 Å². The minimum Gasteiger partial charge on any atom is -0.385 e. The van der Waals surface area contributed by atoms with Crippen LogP contribution in [-0.2, 0) is 21.3 Å². The topological polar surface area (TPSA) is 83.2 Å². The average Bonchev–Trinajstić information content (AvgIpc) is 3.16. The predicted molar refractivity (Wildman–Crippen MR) is 81.6 cm³/mol. The van der Waals surface area contributed by atoms with E-state index in [0.717, 1.165) is 31.6 Å². The summed E-state index contributed by atoms with van der Waals surface area (Å²) >= 11 is 0. The molecule has 6 nitrogen and oxygen atoms in total. The first-order valence-corrected chi connectivity index (χ1v) is 8.99. The molecule has 1 aromatic heterocycles. The Bertz CT molecular complexity index is 523. The van der Waals surface area contributed by atoms with Crippen LogP contribution in [0.15, 0.2) is 17.2 Å². The summed E-state index contributed by atoms with van der Waals surface area (Å²) in [5.41, 5.74) is 0.905. The number of H-pyrrole nitrogens is 1. The number of methoxy groups -OCH3 is 1. The number of nitrogens with one attached hydrogen (secondary N) is 3. The van der Waals surface area contributed by atoms with E-state index in [1.54, 1.807) is 19.4 Å². The van der Waals surface area contributed by atoms with E-state index < -0.39 is 10.0 Å². The smallest absolute Gasteiger partial charge is 0.242 e. The Balaban J connectivity index is 1.73. The first-order valence-electron chi connectivity index (χ1n) is 7.51. The highest BCUT2D eigenvalue weighted by molar-refractivity contribution is 7.89. The Morgan fingerprint density at radius 3 is 2.86 bits per heavy atom. The van der Waals surface area contributed by atoms with Gasteiger partial charge < -0.3 is 15.0 Å². The highest BCUT2D eigenvalue weighted by atomic mass is 32.2. The fourth-order valence-corrected chi connectivity index (χ4v) is 3.15. The van der Waals surface area contributed by atoms with Gasteiger partial charge in [-0.25, -0.2) is 13.1 Å². The average molecular weight is 315 g/mol. The van der Waals surface area contributed by atoms with Crippen LogP contribution in [0.1, 0.15) is 37.8 Å². The van der Waals surface area contributed by atoms with Gasteiger partial charge in [-0.1, -0.05) is 0 Å². The number of aromatic nitrogens is 1. The fraction of sp³-hybridized carbons (Fsp3) is 0.714. The summed E-state index contributed by atoms with van der Waals surface area (Å²) < 4.78 is 31.8. The highest BCUT2D eigenvalue weighted by Gasteiger charge is 2.21. The summed E-state index contributed by atoms with van der Waals surface area (Å²) in [6.07, 6.45) is 6.73. The van der Waals surface area contributed by atoms with Gasteiger partial charge in [0.25, 0.3) is 0 Å². The van der Waals surface area contributed by atoms with Gasteiger partial charge in [-0.05, 0) is 38.2 Å². The van der Waals surface area contributed by atoms with Crippen molar-refractivity contribution in [3.8, 4) is 0 Å². The minimum absolute atomic E-state index is 0.312. The van der Waals surface area contributed by atoms with Crippen LogP contribution in [-0.4, -0.2) is 39.7 Å². The lowest BCUT2D eigenvalue weighted by Gasteiger charge is -2.04. The van der Waals surface area contributed by atoms with Gasteiger partial charge in [0.1, 0.15) is 0 Å². The van der Waals surface area contributed by atoms with E-state index in [1.807, 2.05) is 0 Å². The number of aromatic amines is 1. The maximum atomic E-state index is 12.1. The van der Waals surface area contributed by atoms with E-state index >= 15 is 0 Å². The fourth-order valence-electron chi connectivity index (χ4n) is 2.06. The van der Waals surface area contributed by atoms with Crippen molar-refractivity contribution in [3.63, 3.8) is 0 Å². The van der Waals surface area contributed by atoms with Crippen LogP contribution in [0.25, 0.3) is 0 Å². The quantitative estimate of drug-likeness (QED) is 0.539. The Kier molecular flexibility index (Phi) is 6.22. The first kappa shape index (κ1) is 16.5. The maximum Gasteiger partial charge on any atom is 0.242 e. The molecule has 3 N–H and O–H groups in total. The lowest BCUT2D eigenvalue weighted by atomic mass is 10.2. The van der Waals surface area contributed by atoms with Crippen molar-refractivity contribution >= 4 is 10.0 Å². The zero-order chi connectivity index (χ0) is 15.1. The second kappa shape index (κ2) is 7.93. The van der Waals surface area contributed by atoms with E-state index in [9.17, 15) is 8.42 Å². The Hall–Kier alpha value is -0.890. The molecular formula is C14H25N3O3S. The van der Waals surface area contributed by atoms with Crippen molar-refractivity contribution in [2.75, 3.05) is 20.3 Å². The van der Waals surface area contributed by atoms with Crippen LogP contribution in [0.5, 0.6) is 0 Å².